The van der Waals surface area contributed by atoms with E-state index in [1.165, 1.54) is 0 Å². The third-order valence-corrected chi connectivity index (χ3v) is 3.64. The molecule has 0 fully saturated rings. The number of hydrogen-bond donors (Lipinski definition) is 1. The summed E-state index contributed by atoms with van der Waals surface area (Å²) in [6, 6.07) is 14.0. The molecule has 2 N–H and O–H groups in total. The van der Waals surface area contributed by atoms with Crippen LogP contribution in [0, 0.1) is 0 Å². The average molecular weight is 278 g/mol. The Kier molecular flexibility index (Phi) is 3.69. The Morgan fingerprint density at radius 1 is 1.00 bits per heavy atom. The minimum Gasteiger partial charge on any atom is -0.396 e. The second kappa shape index (κ2) is 5.79. The number of aromatic nitrogens is 2. The molecule has 3 rings (SSSR count). The van der Waals surface area contributed by atoms with Gasteiger partial charge in [-0.2, -0.15) is 0 Å². The monoisotopic (exact) mass is 278 g/mol. The van der Waals surface area contributed by atoms with Gasteiger partial charge in [-0.3, -0.25) is 9.97 Å². The van der Waals surface area contributed by atoms with E-state index in [0.717, 1.165) is 40.9 Å². The maximum Gasteiger partial charge on any atom is 0.0724 e. The van der Waals surface area contributed by atoms with Crippen LogP contribution in [0.2, 0.25) is 0 Å². The van der Waals surface area contributed by atoms with Crippen molar-refractivity contribution >= 4 is 22.3 Å². The SMILES string of the molecule is CN(CCc1ccccn1)c1ccc2ncccc2c1N. The highest BCUT2D eigenvalue weighted by Gasteiger charge is 2.09. The molecule has 0 saturated carbocycles. The number of fused-ring (bicyclic) bond motifs is 1. The highest BCUT2D eigenvalue weighted by atomic mass is 15.1. The standard InChI is InChI=1S/C17H18N4/c1-21(12-9-13-5-2-3-10-19-13)16-8-7-15-14(17(16)18)6-4-11-20-15/h2-8,10-11H,9,12,18H2,1H3. The largest absolute Gasteiger partial charge is 0.396 e. The van der Waals surface area contributed by atoms with Crippen molar-refractivity contribution in [1.29, 1.82) is 0 Å². The summed E-state index contributed by atoms with van der Waals surface area (Å²) in [4.78, 5) is 10.8. The number of anilines is 2. The number of likely N-dealkylation sites (N-methyl/N-ethyl adjacent to an activating group) is 1. The summed E-state index contributed by atoms with van der Waals surface area (Å²) in [7, 11) is 2.05. The fraction of sp³-hybridized carbons (Fsp3) is 0.176. The van der Waals surface area contributed by atoms with Gasteiger partial charge < -0.3 is 10.6 Å². The summed E-state index contributed by atoms with van der Waals surface area (Å²) >= 11 is 0. The predicted octanol–water partition coefficient (Wildman–Crippen LogP) is 2.89. The van der Waals surface area contributed by atoms with Gasteiger partial charge in [0.2, 0.25) is 0 Å². The molecule has 2 heterocycles. The predicted molar refractivity (Wildman–Crippen MR) is 87.4 cm³/mol. The molecule has 0 radical (unpaired) electrons. The second-order valence-corrected chi connectivity index (χ2v) is 5.06. The zero-order chi connectivity index (χ0) is 14.7. The Bertz CT molecular complexity index is 740. The smallest absolute Gasteiger partial charge is 0.0724 e. The first kappa shape index (κ1) is 13.4. The first-order valence-corrected chi connectivity index (χ1v) is 7.00. The highest BCUT2D eigenvalue weighted by molar-refractivity contribution is 5.97. The molecular weight excluding hydrogens is 260 g/mol. The van der Waals surface area contributed by atoms with E-state index in [2.05, 4.69) is 21.9 Å². The molecule has 0 amide bonds. The third kappa shape index (κ3) is 2.79. The summed E-state index contributed by atoms with van der Waals surface area (Å²) < 4.78 is 0. The zero-order valence-electron chi connectivity index (χ0n) is 12.0. The first-order chi connectivity index (χ1) is 10.3. The molecule has 4 heteroatoms. The normalized spacial score (nSPS) is 10.7. The van der Waals surface area contributed by atoms with Gasteiger partial charge in [0, 0.05) is 43.5 Å². The van der Waals surface area contributed by atoms with Crippen LogP contribution in [0.4, 0.5) is 11.4 Å². The van der Waals surface area contributed by atoms with Crippen molar-refractivity contribution in [2.45, 2.75) is 6.42 Å². The van der Waals surface area contributed by atoms with E-state index in [4.69, 9.17) is 5.73 Å². The molecule has 0 bridgehead atoms. The van der Waals surface area contributed by atoms with E-state index in [1.807, 2.05) is 48.7 Å². The summed E-state index contributed by atoms with van der Waals surface area (Å²) in [6.07, 6.45) is 4.50. The van der Waals surface area contributed by atoms with Crippen molar-refractivity contribution in [2.75, 3.05) is 24.2 Å². The first-order valence-electron chi connectivity index (χ1n) is 7.00. The van der Waals surface area contributed by atoms with Crippen molar-refractivity contribution in [3.8, 4) is 0 Å². The van der Waals surface area contributed by atoms with Crippen molar-refractivity contribution in [2.24, 2.45) is 0 Å². The van der Waals surface area contributed by atoms with Crippen molar-refractivity contribution in [3.63, 3.8) is 0 Å². The van der Waals surface area contributed by atoms with Crippen LogP contribution < -0.4 is 10.6 Å². The van der Waals surface area contributed by atoms with E-state index < -0.39 is 0 Å². The number of hydrogen-bond acceptors (Lipinski definition) is 4. The molecule has 0 saturated heterocycles. The van der Waals surface area contributed by atoms with E-state index in [9.17, 15) is 0 Å². The van der Waals surface area contributed by atoms with Crippen LogP contribution >= 0.6 is 0 Å². The molecule has 0 atom stereocenters. The molecule has 0 aliphatic rings. The highest BCUT2D eigenvalue weighted by Crippen LogP contribution is 2.29. The lowest BCUT2D eigenvalue weighted by molar-refractivity contribution is 0.854. The lowest BCUT2D eigenvalue weighted by Crippen LogP contribution is -2.21. The summed E-state index contributed by atoms with van der Waals surface area (Å²) in [5, 5.41) is 1.000. The van der Waals surface area contributed by atoms with Crippen molar-refractivity contribution in [1.82, 2.24) is 9.97 Å². The van der Waals surface area contributed by atoms with Gasteiger partial charge in [0.25, 0.3) is 0 Å². The molecule has 0 aliphatic heterocycles. The Morgan fingerprint density at radius 3 is 2.67 bits per heavy atom. The van der Waals surface area contributed by atoms with E-state index in [-0.39, 0.29) is 0 Å². The van der Waals surface area contributed by atoms with E-state index in [0.29, 0.717) is 0 Å². The molecule has 0 aliphatic carbocycles. The Balaban J connectivity index is 1.81. The van der Waals surface area contributed by atoms with Crippen molar-refractivity contribution < 1.29 is 0 Å². The zero-order valence-corrected chi connectivity index (χ0v) is 12.0. The summed E-state index contributed by atoms with van der Waals surface area (Å²) in [5.41, 5.74) is 10.1. The number of benzene rings is 1. The van der Waals surface area contributed by atoms with Crippen LogP contribution in [-0.4, -0.2) is 23.6 Å². The summed E-state index contributed by atoms with van der Waals surface area (Å²) in [5.74, 6) is 0. The number of nitrogens with two attached hydrogens (primary N) is 1. The lowest BCUT2D eigenvalue weighted by atomic mass is 10.1. The van der Waals surface area contributed by atoms with Crippen LogP contribution in [-0.2, 0) is 6.42 Å². The number of nitrogen functional groups attached to an aromatic ring is 1. The van der Waals surface area contributed by atoms with E-state index in [1.54, 1.807) is 6.20 Å². The van der Waals surface area contributed by atoms with Gasteiger partial charge in [-0.15, -0.1) is 0 Å². The third-order valence-electron chi connectivity index (χ3n) is 3.64. The van der Waals surface area contributed by atoms with Crippen molar-refractivity contribution in [3.05, 3.63) is 60.6 Å². The Morgan fingerprint density at radius 2 is 1.86 bits per heavy atom. The van der Waals surface area contributed by atoms with Gasteiger partial charge in [-0.05, 0) is 36.4 Å². The number of pyridine rings is 2. The summed E-state index contributed by atoms with van der Waals surface area (Å²) in [6.45, 7) is 0.868. The molecule has 4 nitrogen and oxygen atoms in total. The molecule has 21 heavy (non-hydrogen) atoms. The van der Waals surface area contributed by atoms with Gasteiger partial charge in [-0.25, -0.2) is 0 Å². The van der Waals surface area contributed by atoms with Gasteiger partial charge in [0.15, 0.2) is 0 Å². The van der Waals surface area contributed by atoms with Gasteiger partial charge in [0.1, 0.15) is 0 Å². The molecule has 106 valence electrons. The van der Waals surface area contributed by atoms with Gasteiger partial charge >= 0.3 is 0 Å². The van der Waals surface area contributed by atoms with Crippen LogP contribution in [0.1, 0.15) is 5.69 Å². The van der Waals surface area contributed by atoms with Crippen LogP contribution in [0.15, 0.2) is 54.9 Å². The maximum atomic E-state index is 6.29. The minimum absolute atomic E-state index is 0.782. The lowest BCUT2D eigenvalue weighted by Gasteiger charge is -2.21. The van der Waals surface area contributed by atoms with Crippen LogP contribution in [0.3, 0.4) is 0 Å². The second-order valence-electron chi connectivity index (χ2n) is 5.06. The maximum absolute atomic E-state index is 6.29. The van der Waals surface area contributed by atoms with Crippen LogP contribution in [0.5, 0.6) is 0 Å². The fourth-order valence-corrected chi connectivity index (χ4v) is 2.45. The molecule has 3 aromatic rings. The molecule has 1 aromatic carbocycles. The van der Waals surface area contributed by atoms with Gasteiger partial charge in [-0.1, -0.05) is 6.07 Å². The fourth-order valence-electron chi connectivity index (χ4n) is 2.45. The van der Waals surface area contributed by atoms with E-state index >= 15 is 0 Å². The Labute approximate surface area is 124 Å². The average Bonchev–Trinajstić information content (AvgIpc) is 2.54. The molecular formula is C17H18N4. The van der Waals surface area contributed by atoms with Crippen LogP contribution in [0.25, 0.3) is 10.9 Å². The topological polar surface area (TPSA) is 55.0 Å². The minimum atomic E-state index is 0.782. The van der Waals surface area contributed by atoms with Gasteiger partial charge in [0.05, 0.1) is 16.9 Å². The molecule has 0 spiro atoms. The molecule has 2 aromatic heterocycles. The number of nitrogens with zero attached hydrogens (tertiary/aromatic N) is 3. The molecule has 0 unspecified atom stereocenters. The Hall–Kier alpha value is -2.62. The quantitative estimate of drug-likeness (QED) is 0.746. The number of rotatable bonds is 4.